The summed E-state index contributed by atoms with van der Waals surface area (Å²) in [5.74, 6) is -0.0392. The minimum Gasteiger partial charge on any atom is -0.395 e. The Bertz CT molecular complexity index is 1030. The number of hydrogen-bond acceptors (Lipinski definition) is 6. The van der Waals surface area contributed by atoms with Crippen LogP contribution in [0.3, 0.4) is 0 Å². The van der Waals surface area contributed by atoms with Gasteiger partial charge in [0.2, 0.25) is 5.91 Å². The Balaban J connectivity index is 2.18. The van der Waals surface area contributed by atoms with E-state index in [4.69, 9.17) is 32.5 Å². The number of halogens is 1. The fourth-order valence-electron chi connectivity index (χ4n) is 3.33. The number of benzene rings is 1. The molecular weight excluding hydrogens is 422 g/mol. The van der Waals surface area contributed by atoms with Gasteiger partial charge in [-0.25, -0.2) is 0 Å². The van der Waals surface area contributed by atoms with E-state index in [9.17, 15) is 4.79 Å². The lowest BCUT2D eigenvalue weighted by atomic mass is 9.99. The van der Waals surface area contributed by atoms with E-state index in [2.05, 4.69) is 5.32 Å². The van der Waals surface area contributed by atoms with Crippen molar-refractivity contribution in [2.24, 2.45) is 4.99 Å². The Hall–Kier alpha value is -2.55. The maximum atomic E-state index is 12.3. The molecule has 1 aliphatic rings. The molecule has 0 spiro atoms. The molecule has 1 aromatic carbocycles. The van der Waals surface area contributed by atoms with Crippen LogP contribution in [0.4, 0.5) is 5.00 Å². The Morgan fingerprint density at radius 3 is 2.60 bits per heavy atom. The summed E-state index contributed by atoms with van der Waals surface area (Å²) in [5.41, 5.74) is 3.42. The molecule has 2 heterocycles. The van der Waals surface area contributed by atoms with E-state index in [1.54, 1.807) is 24.0 Å². The van der Waals surface area contributed by atoms with Crippen LogP contribution in [0, 0.1) is 24.7 Å². The van der Waals surface area contributed by atoms with Gasteiger partial charge in [-0.1, -0.05) is 23.7 Å². The number of aryl methyl sites for hydroxylation is 1. The molecule has 0 saturated heterocycles. The number of carbonyl (C=O) groups excluding carboxylic acids is 1. The van der Waals surface area contributed by atoms with E-state index in [0.717, 1.165) is 26.6 Å². The van der Waals surface area contributed by atoms with Gasteiger partial charge in [-0.2, -0.15) is 0 Å². The molecule has 9 heteroatoms. The van der Waals surface area contributed by atoms with Crippen molar-refractivity contribution in [1.82, 2.24) is 5.32 Å². The smallest absolute Gasteiger partial charge is 0.222 e. The number of aliphatic imine (C=N–C) groups is 1. The van der Waals surface area contributed by atoms with Crippen molar-refractivity contribution in [1.29, 1.82) is 10.8 Å². The van der Waals surface area contributed by atoms with Crippen molar-refractivity contribution in [2.75, 3.05) is 18.1 Å². The molecule has 4 N–H and O–H groups in total. The number of amides is 1. The zero-order valence-electron chi connectivity index (χ0n) is 17.0. The Morgan fingerprint density at radius 1 is 1.33 bits per heavy atom. The van der Waals surface area contributed by atoms with Crippen LogP contribution < -0.4 is 10.2 Å². The van der Waals surface area contributed by atoms with Gasteiger partial charge >= 0.3 is 0 Å². The molecule has 3 rings (SSSR count). The number of amidine groups is 2. The molecule has 1 atom stereocenters. The summed E-state index contributed by atoms with van der Waals surface area (Å²) in [7, 11) is 0. The highest BCUT2D eigenvalue weighted by molar-refractivity contribution is 7.17. The van der Waals surface area contributed by atoms with Crippen LogP contribution in [-0.4, -0.2) is 47.6 Å². The number of nitrogens with zero attached hydrogens (tertiary/aromatic N) is 2. The first kappa shape index (κ1) is 22.1. The first-order chi connectivity index (χ1) is 14.2. The highest BCUT2D eigenvalue weighted by atomic mass is 35.5. The molecule has 0 unspecified atom stereocenters. The van der Waals surface area contributed by atoms with Crippen LogP contribution in [0.1, 0.15) is 34.9 Å². The topological polar surface area (TPSA) is 113 Å². The predicted molar refractivity (Wildman–Crippen MR) is 123 cm³/mol. The van der Waals surface area contributed by atoms with Crippen LogP contribution in [0.15, 0.2) is 29.3 Å². The average Bonchev–Trinajstić information content (AvgIpc) is 2.91. The lowest BCUT2D eigenvalue weighted by Crippen LogP contribution is -2.42. The summed E-state index contributed by atoms with van der Waals surface area (Å²) in [6, 6.07) is 6.54. The second-order valence-corrected chi connectivity index (χ2v) is 8.69. The average molecular weight is 446 g/mol. The van der Waals surface area contributed by atoms with Crippen LogP contribution in [-0.2, 0) is 4.79 Å². The number of rotatable bonds is 5. The molecule has 0 fully saturated rings. The van der Waals surface area contributed by atoms with Crippen molar-refractivity contribution < 1.29 is 9.90 Å². The third kappa shape index (κ3) is 4.30. The van der Waals surface area contributed by atoms with Gasteiger partial charge in [-0.15, -0.1) is 11.3 Å². The third-order valence-electron chi connectivity index (χ3n) is 4.91. The highest BCUT2D eigenvalue weighted by Crippen LogP contribution is 2.40. The van der Waals surface area contributed by atoms with Crippen molar-refractivity contribution in [2.45, 2.75) is 33.2 Å². The molecule has 158 valence electrons. The van der Waals surface area contributed by atoms with Crippen LogP contribution in [0.2, 0.25) is 5.02 Å². The van der Waals surface area contributed by atoms with Gasteiger partial charge in [-0.05, 0) is 38.5 Å². The van der Waals surface area contributed by atoms with Gasteiger partial charge in [0.15, 0.2) is 0 Å². The monoisotopic (exact) mass is 445 g/mol. The summed E-state index contributed by atoms with van der Waals surface area (Å²) in [6.07, 6.45) is -0.0489. The summed E-state index contributed by atoms with van der Waals surface area (Å²) in [4.78, 5) is 19.8. The first-order valence-corrected chi connectivity index (χ1v) is 10.7. The highest BCUT2D eigenvalue weighted by Gasteiger charge is 2.34. The molecule has 30 heavy (non-hydrogen) atoms. The molecule has 0 aliphatic carbocycles. The van der Waals surface area contributed by atoms with E-state index in [1.807, 2.05) is 26.0 Å². The number of aliphatic hydroxyl groups excluding tert-OH is 1. The molecule has 1 aromatic heterocycles. The zero-order valence-corrected chi connectivity index (χ0v) is 18.6. The van der Waals surface area contributed by atoms with Gasteiger partial charge < -0.3 is 10.4 Å². The van der Waals surface area contributed by atoms with Crippen LogP contribution in [0.5, 0.6) is 0 Å². The van der Waals surface area contributed by atoms with E-state index < -0.39 is 6.04 Å². The fourth-order valence-corrected chi connectivity index (χ4v) is 4.68. The van der Waals surface area contributed by atoms with Gasteiger partial charge in [0, 0.05) is 27.6 Å². The second kappa shape index (κ2) is 9.07. The Labute approximate surface area is 184 Å². The van der Waals surface area contributed by atoms with E-state index in [1.165, 1.54) is 11.3 Å². The molecule has 1 amide bonds. The van der Waals surface area contributed by atoms with Crippen LogP contribution >= 0.6 is 22.9 Å². The maximum Gasteiger partial charge on any atom is 0.222 e. The fraction of sp³-hybridized carbons (Fsp3) is 0.333. The molecule has 7 nitrogen and oxygen atoms in total. The minimum atomic E-state index is -0.769. The number of hydrogen-bond donors (Lipinski definition) is 4. The van der Waals surface area contributed by atoms with E-state index >= 15 is 0 Å². The van der Waals surface area contributed by atoms with Gasteiger partial charge in [0.1, 0.15) is 22.7 Å². The molecule has 0 radical (unpaired) electrons. The Kier molecular flexibility index (Phi) is 6.70. The lowest BCUT2D eigenvalue weighted by Gasteiger charge is -2.24. The quantitative estimate of drug-likeness (QED) is 0.417. The summed E-state index contributed by atoms with van der Waals surface area (Å²) >= 11 is 7.58. The molecule has 0 bridgehead atoms. The maximum absolute atomic E-state index is 12.3. The predicted octanol–water partition coefficient (Wildman–Crippen LogP) is 3.52. The first-order valence-electron chi connectivity index (χ1n) is 9.50. The molecule has 2 aromatic rings. The standard InChI is InChI=1S/C21H24ClN5O2S/c1-11-12(2)30-21-18(11)19(14-4-6-15(22)7-5-14)26-16(10-17(29)25-8-9-28)20(24)27(21)13(3)23/h4-7,16,23-24,28H,8-10H2,1-3H3,(H,25,29)/t16-/m0/s1. The normalized spacial score (nSPS) is 16.0. The number of nitrogens with one attached hydrogen (secondary N) is 3. The second-order valence-electron chi connectivity index (χ2n) is 7.05. The SMILES string of the molecule is CC(=N)N1C(=N)[C@H](CC(=O)NCCO)N=C(c2ccc(Cl)cc2)c2c1sc(C)c2C. The number of fused-ring (bicyclic) bond motifs is 1. The van der Waals surface area contributed by atoms with Crippen molar-refractivity contribution in [3.8, 4) is 0 Å². The minimum absolute atomic E-state index is 0.0489. The van der Waals surface area contributed by atoms with E-state index in [-0.39, 0.29) is 37.2 Å². The molecule has 0 saturated carbocycles. The summed E-state index contributed by atoms with van der Waals surface area (Å²) < 4.78 is 0. The van der Waals surface area contributed by atoms with Crippen molar-refractivity contribution in [3.05, 3.63) is 50.9 Å². The van der Waals surface area contributed by atoms with Gasteiger partial charge in [-0.3, -0.25) is 25.5 Å². The molecular formula is C21H24ClN5O2S. The summed E-state index contributed by atoms with van der Waals surface area (Å²) in [5, 5.41) is 30.0. The largest absolute Gasteiger partial charge is 0.395 e. The third-order valence-corrected chi connectivity index (χ3v) is 6.36. The Morgan fingerprint density at radius 2 is 2.00 bits per heavy atom. The van der Waals surface area contributed by atoms with Crippen molar-refractivity contribution >= 4 is 51.2 Å². The zero-order chi connectivity index (χ0) is 22.0. The number of thiophene rings is 1. The molecule has 1 aliphatic heterocycles. The lowest BCUT2D eigenvalue weighted by molar-refractivity contribution is -0.121. The number of anilines is 1. The van der Waals surface area contributed by atoms with Crippen LogP contribution in [0.25, 0.3) is 0 Å². The van der Waals surface area contributed by atoms with Gasteiger partial charge in [0.25, 0.3) is 0 Å². The number of aliphatic hydroxyl groups is 1. The van der Waals surface area contributed by atoms with Crippen molar-refractivity contribution in [3.63, 3.8) is 0 Å². The van der Waals surface area contributed by atoms with Gasteiger partial charge in [0.05, 0.1) is 18.7 Å². The van der Waals surface area contributed by atoms with E-state index in [0.29, 0.717) is 10.7 Å². The number of carbonyl (C=O) groups is 1. The summed E-state index contributed by atoms with van der Waals surface area (Å²) in [6.45, 7) is 5.62.